The first kappa shape index (κ1) is 28.4. The van der Waals surface area contributed by atoms with E-state index in [1.54, 1.807) is 18.2 Å². The van der Waals surface area contributed by atoms with Crippen molar-refractivity contribution in [3.8, 4) is 78.6 Å². The first-order valence-corrected chi connectivity index (χ1v) is 19.9. The molecule has 0 aliphatic carbocycles. The number of rotatable bonds is 7. The summed E-state index contributed by atoms with van der Waals surface area (Å²) in [5.41, 5.74) is 9.89. The largest absolute Gasteiger partial charge is 0.507 e. The molecular formula is C56H49N3O. The van der Waals surface area contributed by atoms with Gasteiger partial charge < -0.3 is 5.11 Å². The molecule has 60 heavy (non-hydrogen) atoms. The van der Waals surface area contributed by atoms with Crippen LogP contribution in [-0.2, 0) is 5.41 Å². The van der Waals surface area contributed by atoms with Crippen LogP contribution in [0.3, 0.4) is 0 Å². The number of imidazole rings is 1. The Bertz CT molecular complexity index is 3490. The number of fused-ring (bicyclic) bond motifs is 1. The number of benzene rings is 7. The lowest BCUT2D eigenvalue weighted by Crippen LogP contribution is -2.11. The van der Waals surface area contributed by atoms with Crippen LogP contribution in [-0.4, -0.2) is 19.6 Å². The zero-order valence-corrected chi connectivity index (χ0v) is 34.1. The molecule has 0 aliphatic heterocycles. The number of hydrogen-bond donors (Lipinski definition) is 1. The summed E-state index contributed by atoms with van der Waals surface area (Å²) in [6.07, 6.45) is 1.54. The van der Waals surface area contributed by atoms with E-state index < -0.39 is 43.4 Å². The molecule has 0 fully saturated rings. The summed E-state index contributed by atoms with van der Waals surface area (Å²) < 4.78 is 86.8. The van der Waals surface area contributed by atoms with E-state index in [9.17, 15) is 5.11 Å². The highest BCUT2D eigenvalue weighted by molar-refractivity contribution is 5.98. The lowest BCUT2D eigenvalue weighted by atomic mass is 9.83. The van der Waals surface area contributed by atoms with Crippen molar-refractivity contribution in [2.24, 2.45) is 0 Å². The summed E-state index contributed by atoms with van der Waals surface area (Å²) >= 11 is 0. The molecule has 0 aliphatic rings. The van der Waals surface area contributed by atoms with Gasteiger partial charge in [0.1, 0.15) is 11.6 Å². The van der Waals surface area contributed by atoms with E-state index >= 15 is 0 Å². The van der Waals surface area contributed by atoms with Crippen molar-refractivity contribution in [1.82, 2.24) is 14.5 Å². The molecule has 0 spiro atoms. The molecule has 0 atom stereocenters. The van der Waals surface area contributed by atoms with Gasteiger partial charge in [-0.2, -0.15) is 0 Å². The summed E-state index contributed by atoms with van der Waals surface area (Å²) in [5, 5.41) is 11.9. The molecule has 0 radical (unpaired) electrons. The predicted octanol–water partition coefficient (Wildman–Crippen LogP) is 14.7. The molecule has 2 aromatic heterocycles. The van der Waals surface area contributed by atoms with E-state index in [4.69, 9.17) is 23.7 Å². The number of phenolic OH excluding ortho intramolecular Hbond substituents is 1. The van der Waals surface area contributed by atoms with Gasteiger partial charge in [-0.3, -0.25) is 9.55 Å². The van der Waals surface area contributed by atoms with Crippen molar-refractivity contribution >= 4 is 11.0 Å². The first-order chi connectivity index (χ1) is 33.0. The standard InChI is InChI=1S/C56H49N3O/c1-35-21-23-39(24-22-35)42-25-26-57-50(33-42)44-30-43(31-45(32-44)56(5,6)7)46-19-14-20-51-53(46)58-55(49-28-36(2)27-38(4)54(49)60)59(51)52-34-47(40-15-10-8-11-16-40)37(3)29-48(52)41-17-12-9-13-18-41/h8-34,60H,1-7H3/i1D3,3D3,21D,22D,23D,24D. The molecule has 2 heterocycles. The van der Waals surface area contributed by atoms with Gasteiger partial charge in [0, 0.05) is 31.1 Å². The second-order valence-corrected chi connectivity index (χ2v) is 16.3. The molecule has 4 heteroatoms. The summed E-state index contributed by atoms with van der Waals surface area (Å²) in [7, 11) is 0. The average molecular weight is 790 g/mol. The van der Waals surface area contributed by atoms with Gasteiger partial charge in [0.05, 0.1) is 33.5 Å². The number of pyridine rings is 1. The van der Waals surface area contributed by atoms with E-state index in [0.29, 0.717) is 61.6 Å². The number of aromatic hydroxyl groups is 1. The quantitative estimate of drug-likeness (QED) is 0.175. The molecule has 9 rings (SSSR count). The maximum absolute atomic E-state index is 11.9. The van der Waals surface area contributed by atoms with Crippen LogP contribution in [0.15, 0.2) is 164 Å². The van der Waals surface area contributed by atoms with Crippen molar-refractivity contribution in [3.05, 3.63) is 192 Å². The number of hydrogen-bond acceptors (Lipinski definition) is 3. The number of nitrogens with zero attached hydrogens (tertiary/aromatic N) is 3. The van der Waals surface area contributed by atoms with Gasteiger partial charge in [0.25, 0.3) is 0 Å². The van der Waals surface area contributed by atoms with Crippen LogP contribution in [0.4, 0.5) is 0 Å². The minimum absolute atomic E-state index is 0.0338. The molecule has 4 nitrogen and oxygen atoms in total. The van der Waals surface area contributed by atoms with Gasteiger partial charge in [-0.05, 0) is 137 Å². The van der Waals surface area contributed by atoms with Gasteiger partial charge in [0.2, 0.25) is 0 Å². The third-order valence-corrected chi connectivity index (χ3v) is 11.0. The molecule has 0 saturated carbocycles. The zero-order chi connectivity index (χ0) is 50.2. The number of phenols is 1. The molecule has 294 valence electrons. The van der Waals surface area contributed by atoms with Crippen LogP contribution in [0.5, 0.6) is 5.75 Å². The maximum atomic E-state index is 11.9. The number of para-hydroxylation sites is 1. The molecule has 7 aromatic carbocycles. The Labute approximate surface area is 367 Å². The van der Waals surface area contributed by atoms with E-state index in [1.807, 2.05) is 128 Å². The van der Waals surface area contributed by atoms with E-state index in [2.05, 4.69) is 26.8 Å². The fourth-order valence-electron chi connectivity index (χ4n) is 7.93. The average Bonchev–Trinajstić information content (AvgIpc) is 3.71. The molecule has 0 unspecified atom stereocenters. The van der Waals surface area contributed by atoms with Crippen molar-refractivity contribution < 1.29 is 18.8 Å². The van der Waals surface area contributed by atoms with Crippen LogP contribution >= 0.6 is 0 Å². The van der Waals surface area contributed by atoms with Crippen LogP contribution < -0.4 is 0 Å². The Morgan fingerprint density at radius 3 is 1.98 bits per heavy atom. The summed E-state index contributed by atoms with van der Waals surface area (Å²) in [6, 6.07) is 39.8. The van der Waals surface area contributed by atoms with Gasteiger partial charge >= 0.3 is 0 Å². The predicted molar refractivity (Wildman–Crippen MR) is 251 cm³/mol. The fraction of sp³-hybridized carbons (Fsp3) is 0.143. The van der Waals surface area contributed by atoms with Gasteiger partial charge in [-0.1, -0.05) is 135 Å². The Hall–Kier alpha value is -7.04. The van der Waals surface area contributed by atoms with Crippen LogP contribution in [0.1, 0.15) is 62.3 Å². The van der Waals surface area contributed by atoms with E-state index in [0.717, 1.165) is 33.4 Å². The highest BCUT2D eigenvalue weighted by Gasteiger charge is 2.25. The van der Waals surface area contributed by atoms with Gasteiger partial charge in [-0.15, -0.1) is 0 Å². The van der Waals surface area contributed by atoms with Crippen molar-refractivity contribution in [2.75, 3.05) is 0 Å². The highest BCUT2D eigenvalue weighted by atomic mass is 16.3. The number of aryl methyl sites for hydroxylation is 3. The van der Waals surface area contributed by atoms with Gasteiger partial charge in [-0.25, -0.2) is 4.98 Å². The Balaban J connectivity index is 1.34. The smallest absolute Gasteiger partial charge is 0.149 e. The first-order valence-electron chi connectivity index (χ1n) is 24.9. The summed E-state index contributed by atoms with van der Waals surface area (Å²) in [6.45, 7) is 4.80. The topological polar surface area (TPSA) is 50.9 Å². The molecule has 0 amide bonds. The fourth-order valence-corrected chi connectivity index (χ4v) is 7.93. The second kappa shape index (κ2) is 15.3. The van der Waals surface area contributed by atoms with Crippen LogP contribution in [0, 0.1) is 27.6 Å². The normalized spacial score (nSPS) is 14.5. The van der Waals surface area contributed by atoms with Crippen LogP contribution in [0.25, 0.3) is 83.9 Å². The lowest BCUT2D eigenvalue weighted by molar-refractivity contribution is 0.472. The molecule has 0 saturated heterocycles. The SMILES string of the molecule is [2H]c1c([2H])c(C([2H])([2H])[2H])c([2H])c([2H])c1-c1ccnc(-c2cc(-c3cccc4c3nc(-c3cc(C)cc(C)c3O)n4-c3cc(-c4ccccc4)c(C([2H])([2H])[2H])cc3-c3ccccc3)cc(C(C)(C)C)c2)c1. The molecule has 0 bridgehead atoms. The number of aromatic nitrogens is 3. The van der Waals surface area contributed by atoms with Crippen molar-refractivity contribution in [3.63, 3.8) is 0 Å². The third-order valence-electron chi connectivity index (χ3n) is 11.0. The minimum Gasteiger partial charge on any atom is -0.507 e. The zero-order valence-electron chi connectivity index (χ0n) is 44.1. The molecule has 9 aromatic rings. The monoisotopic (exact) mass is 789 g/mol. The van der Waals surface area contributed by atoms with E-state index in [-0.39, 0.29) is 22.3 Å². The Morgan fingerprint density at radius 1 is 0.567 bits per heavy atom. The van der Waals surface area contributed by atoms with Gasteiger partial charge in [0.15, 0.2) is 0 Å². The maximum Gasteiger partial charge on any atom is 0.149 e. The molecular weight excluding hydrogens is 731 g/mol. The van der Waals surface area contributed by atoms with Crippen molar-refractivity contribution in [2.45, 2.75) is 53.7 Å². The Morgan fingerprint density at radius 2 is 1.28 bits per heavy atom. The van der Waals surface area contributed by atoms with E-state index in [1.165, 1.54) is 6.20 Å². The summed E-state index contributed by atoms with van der Waals surface area (Å²) in [4.78, 5) is 10.2. The van der Waals surface area contributed by atoms with Crippen molar-refractivity contribution in [1.29, 1.82) is 0 Å². The lowest BCUT2D eigenvalue weighted by Gasteiger charge is -2.22. The van der Waals surface area contributed by atoms with Crippen LogP contribution in [0.2, 0.25) is 0 Å². The minimum atomic E-state index is -2.84. The Kier molecular flexibility index (Phi) is 7.23. The third kappa shape index (κ3) is 7.20. The molecule has 1 N–H and O–H groups in total. The summed E-state index contributed by atoms with van der Waals surface area (Å²) in [5.74, 6) is 0.501. The highest BCUT2D eigenvalue weighted by Crippen LogP contribution is 2.44. The second-order valence-electron chi connectivity index (χ2n) is 16.3.